The minimum atomic E-state index is 0.744. The van der Waals surface area contributed by atoms with Crippen molar-refractivity contribution >= 4 is 0 Å². The Balaban J connectivity index is 1.62. The Morgan fingerprint density at radius 3 is 2.11 bits per heavy atom. The van der Waals surface area contributed by atoms with E-state index in [2.05, 4.69) is 53.5 Å². The number of nitrogens with one attached hydrogen (secondary N) is 1. The van der Waals surface area contributed by atoms with Gasteiger partial charge in [0.1, 0.15) is 5.82 Å². The van der Waals surface area contributed by atoms with Gasteiger partial charge in [0, 0.05) is 44.0 Å². The third kappa shape index (κ3) is 5.78. The van der Waals surface area contributed by atoms with Crippen molar-refractivity contribution in [1.29, 1.82) is 0 Å². The molecule has 0 atom stereocenters. The first-order valence-electron chi connectivity index (χ1n) is 9.73. The molecular formula is C23H28N2O2. The Kier molecular flexibility index (Phi) is 7.63. The molecule has 1 aromatic heterocycles. The lowest BCUT2D eigenvalue weighted by molar-refractivity contribution is 0.0868. The Morgan fingerprint density at radius 2 is 1.41 bits per heavy atom. The van der Waals surface area contributed by atoms with Crippen LogP contribution in [0.15, 0.2) is 60.7 Å². The highest BCUT2D eigenvalue weighted by atomic mass is 16.5. The average Bonchev–Trinajstić information content (AvgIpc) is 3.15. The first-order chi connectivity index (χ1) is 13.4. The number of nitrogens with zero attached hydrogens (tertiary/aromatic N) is 1. The predicted molar refractivity (Wildman–Crippen MR) is 110 cm³/mol. The third-order valence-corrected chi connectivity index (χ3v) is 4.35. The fraction of sp³-hybridized carbons (Fsp3) is 0.348. The largest absolute Gasteiger partial charge is 0.382 e. The van der Waals surface area contributed by atoms with Gasteiger partial charge >= 0.3 is 0 Å². The molecule has 3 rings (SSSR count). The second-order valence-electron chi connectivity index (χ2n) is 6.41. The molecule has 0 radical (unpaired) electrons. The summed E-state index contributed by atoms with van der Waals surface area (Å²) >= 11 is 0. The van der Waals surface area contributed by atoms with Crippen molar-refractivity contribution in [3.8, 4) is 22.5 Å². The molecule has 3 aromatic rings. The number of hydrogen-bond acceptors (Lipinski definition) is 3. The second-order valence-corrected chi connectivity index (χ2v) is 6.41. The number of hydrogen-bond donors (Lipinski definition) is 1. The first kappa shape index (κ1) is 19.3. The first-order valence-corrected chi connectivity index (χ1v) is 9.73. The third-order valence-electron chi connectivity index (χ3n) is 4.35. The summed E-state index contributed by atoms with van der Waals surface area (Å²) in [4.78, 5) is 8.41. The number of ether oxygens (including phenoxy) is 2. The lowest BCUT2D eigenvalue weighted by Crippen LogP contribution is -2.03. The van der Waals surface area contributed by atoms with Crippen molar-refractivity contribution < 1.29 is 9.47 Å². The van der Waals surface area contributed by atoms with Crippen LogP contribution in [0.1, 0.15) is 25.6 Å². The molecule has 142 valence electrons. The lowest BCUT2D eigenvalue weighted by atomic mass is 10.1. The minimum Gasteiger partial charge on any atom is -0.382 e. The molecule has 0 fully saturated rings. The van der Waals surface area contributed by atoms with E-state index < -0.39 is 0 Å². The molecule has 1 N–H and O–H groups in total. The lowest BCUT2D eigenvalue weighted by Gasteiger charge is -2.03. The predicted octanol–water partition coefficient (Wildman–Crippen LogP) is 5.12. The molecule has 4 heteroatoms. The maximum atomic E-state index is 5.69. The zero-order valence-corrected chi connectivity index (χ0v) is 16.0. The summed E-state index contributed by atoms with van der Waals surface area (Å²) < 4.78 is 11.0. The van der Waals surface area contributed by atoms with Crippen molar-refractivity contribution in [2.75, 3.05) is 26.4 Å². The SMILES string of the molecule is CCOCCCOCCCc1nc(-c2ccccc2)c(-c2ccccc2)[nH]1. The number of benzene rings is 2. The molecule has 4 nitrogen and oxygen atoms in total. The van der Waals surface area contributed by atoms with E-state index in [0.29, 0.717) is 0 Å². The van der Waals surface area contributed by atoms with Crippen molar-refractivity contribution in [1.82, 2.24) is 9.97 Å². The van der Waals surface area contributed by atoms with Crippen LogP contribution < -0.4 is 0 Å². The smallest absolute Gasteiger partial charge is 0.107 e. The van der Waals surface area contributed by atoms with Gasteiger partial charge in [-0.2, -0.15) is 0 Å². The Hall–Kier alpha value is -2.43. The molecule has 0 spiro atoms. The molecule has 2 aromatic carbocycles. The van der Waals surface area contributed by atoms with Gasteiger partial charge in [0.05, 0.1) is 11.4 Å². The number of aryl methyl sites for hydroxylation is 1. The van der Waals surface area contributed by atoms with E-state index in [9.17, 15) is 0 Å². The van der Waals surface area contributed by atoms with Crippen LogP contribution >= 0.6 is 0 Å². The summed E-state index contributed by atoms with van der Waals surface area (Å²) in [7, 11) is 0. The molecule has 0 amide bonds. The van der Waals surface area contributed by atoms with E-state index in [0.717, 1.165) is 74.0 Å². The summed E-state index contributed by atoms with van der Waals surface area (Å²) in [5, 5.41) is 0. The van der Waals surface area contributed by atoms with Gasteiger partial charge in [-0.15, -0.1) is 0 Å². The van der Waals surface area contributed by atoms with Crippen LogP contribution in [0.4, 0.5) is 0 Å². The minimum absolute atomic E-state index is 0.744. The molecule has 0 unspecified atom stereocenters. The normalized spacial score (nSPS) is 11.0. The van der Waals surface area contributed by atoms with Crippen LogP contribution in [0.3, 0.4) is 0 Å². The van der Waals surface area contributed by atoms with Gasteiger partial charge in [-0.05, 0) is 19.8 Å². The second kappa shape index (κ2) is 10.7. The van der Waals surface area contributed by atoms with Crippen LogP contribution in [0.2, 0.25) is 0 Å². The molecule has 0 saturated carbocycles. The summed E-state index contributed by atoms with van der Waals surface area (Å²) in [5.74, 6) is 1.01. The monoisotopic (exact) mass is 364 g/mol. The van der Waals surface area contributed by atoms with Gasteiger partial charge in [0.15, 0.2) is 0 Å². The Bertz CT molecular complexity index is 728. The van der Waals surface area contributed by atoms with Gasteiger partial charge in [-0.25, -0.2) is 4.98 Å². The molecule has 0 aliphatic heterocycles. The van der Waals surface area contributed by atoms with E-state index in [4.69, 9.17) is 14.5 Å². The van der Waals surface area contributed by atoms with Crippen LogP contribution in [0.5, 0.6) is 0 Å². The van der Waals surface area contributed by atoms with Gasteiger partial charge in [-0.3, -0.25) is 0 Å². The number of aromatic amines is 1. The van der Waals surface area contributed by atoms with Gasteiger partial charge < -0.3 is 14.5 Å². The average molecular weight is 364 g/mol. The van der Waals surface area contributed by atoms with Crippen molar-refractivity contribution in [2.45, 2.75) is 26.2 Å². The number of rotatable bonds is 11. The molecule has 0 aliphatic carbocycles. The molecule has 27 heavy (non-hydrogen) atoms. The van der Waals surface area contributed by atoms with Crippen molar-refractivity contribution in [3.63, 3.8) is 0 Å². The van der Waals surface area contributed by atoms with E-state index in [1.807, 2.05) is 19.1 Å². The highest BCUT2D eigenvalue weighted by Crippen LogP contribution is 2.30. The molecular weight excluding hydrogens is 336 g/mol. The molecule has 0 saturated heterocycles. The zero-order valence-electron chi connectivity index (χ0n) is 16.0. The van der Waals surface area contributed by atoms with Crippen LogP contribution in [-0.4, -0.2) is 36.4 Å². The summed E-state index contributed by atoms with van der Waals surface area (Å²) in [5.41, 5.74) is 4.37. The van der Waals surface area contributed by atoms with E-state index in [1.54, 1.807) is 0 Å². The Morgan fingerprint density at radius 1 is 0.778 bits per heavy atom. The summed E-state index contributed by atoms with van der Waals surface area (Å²) in [6, 6.07) is 20.7. The fourth-order valence-electron chi connectivity index (χ4n) is 3.01. The van der Waals surface area contributed by atoms with Crippen molar-refractivity contribution in [2.24, 2.45) is 0 Å². The van der Waals surface area contributed by atoms with Gasteiger partial charge in [-0.1, -0.05) is 60.7 Å². The van der Waals surface area contributed by atoms with E-state index in [1.165, 1.54) is 0 Å². The van der Waals surface area contributed by atoms with Crippen LogP contribution in [0.25, 0.3) is 22.5 Å². The van der Waals surface area contributed by atoms with E-state index in [-0.39, 0.29) is 0 Å². The number of H-pyrrole nitrogens is 1. The topological polar surface area (TPSA) is 47.1 Å². The maximum absolute atomic E-state index is 5.69. The quantitative estimate of drug-likeness (QED) is 0.480. The molecule has 0 aliphatic rings. The molecule has 0 bridgehead atoms. The molecule has 1 heterocycles. The highest BCUT2D eigenvalue weighted by molar-refractivity contribution is 5.78. The van der Waals surface area contributed by atoms with Crippen LogP contribution in [0, 0.1) is 0 Å². The highest BCUT2D eigenvalue weighted by Gasteiger charge is 2.13. The summed E-state index contributed by atoms with van der Waals surface area (Å²) in [6.45, 7) is 5.05. The number of aromatic nitrogens is 2. The van der Waals surface area contributed by atoms with Gasteiger partial charge in [0.25, 0.3) is 0 Å². The maximum Gasteiger partial charge on any atom is 0.107 e. The number of imidazole rings is 1. The van der Waals surface area contributed by atoms with Crippen molar-refractivity contribution in [3.05, 3.63) is 66.5 Å². The zero-order chi connectivity index (χ0) is 18.7. The van der Waals surface area contributed by atoms with E-state index >= 15 is 0 Å². The van der Waals surface area contributed by atoms with Crippen LogP contribution in [-0.2, 0) is 15.9 Å². The fourth-order valence-corrected chi connectivity index (χ4v) is 3.01. The standard InChI is InChI=1S/C23H28N2O2/c1-2-26-17-10-18-27-16-9-15-21-24-22(19-11-5-3-6-12-19)23(25-21)20-13-7-4-8-14-20/h3-8,11-14H,2,9-10,15-18H2,1H3,(H,24,25). The Labute approximate surface area is 161 Å². The summed E-state index contributed by atoms with van der Waals surface area (Å²) in [6.07, 6.45) is 2.77. The van der Waals surface area contributed by atoms with Gasteiger partial charge in [0.2, 0.25) is 0 Å².